The van der Waals surface area contributed by atoms with Crippen LogP contribution in [0, 0.1) is 5.92 Å². The fourth-order valence-corrected chi connectivity index (χ4v) is 4.34. The molecule has 1 aliphatic heterocycles. The number of hydrogen-bond acceptors (Lipinski definition) is 5. The number of hydrogen-bond donors (Lipinski definition) is 0. The maximum atomic E-state index is 12.7. The summed E-state index contributed by atoms with van der Waals surface area (Å²) in [5.41, 5.74) is 2.34. The average molecular weight is 439 g/mol. The Bertz CT molecular complexity index is 1010. The molecule has 0 radical (unpaired) electrons. The van der Waals surface area contributed by atoms with Crippen molar-refractivity contribution in [3.63, 3.8) is 0 Å². The van der Waals surface area contributed by atoms with Crippen molar-refractivity contribution in [1.29, 1.82) is 0 Å². The van der Waals surface area contributed by atoms with Gasteiger partial charge in [0.15, 0.2) is 5.69 Å². The standard InChI is InChI=1S/C24H30N4O4/c1-15(29)28-13-19(20(14-28)23(30)26(2)3)17-7-5-16(6-8-17)12-27(4)24(31)21-11-22(32-25-21)18-9-10-18/h5-8,11,18-20H,9-10,12-14H2,1-4H3/t19-,20+/m1/s1. The summed E-state index contributed by atoms with van der Waals surface area (Å²) in [4.78, 5) is 42.2. The van der Waals surface area contributed by atoms with E-state index < -0.39 is 0 Å². The maximum Gasteiger partial charge on any atom is 0.276 e. The van der Waals surface area contributed by atoms with Gasteiger partial charge >= 0.3 is 0 Å². The van der Waals surface area contributed by atoms with Crippen LogP contribution in [0.15, 0.2) is 34.9 Å². The van der Waals surface area contributed by atoms with Crippen molar-refractivity contribution in [2.75, 3.05) is 34.2 Å². The Hall–Kier alpha value is -3.16. The number of rotatable bonds is 6. The Balaban J connectivity index is 1.43. The lowest BCUT2D eigenvalue weighted by atomic mass is 9.87. The van der Waals surface area contributed by atoms with Crippen molar-refractivity contribution in [3.05, 3.63) is 52.9 Å². The van der Waals surface area contributed by atoms with E-state index in [1.807, 2.05) is 24.3 Å². The minimum Gasteiger partial charge on any atom is -0.360 e. The van der Waals surface area contributed by atoms with Crippen LogP contribution in [-0.4, -0.2) is 71.8 Å². The molecule has 2 heterocycles. The summed E-state index contributed by atoms with van der Waals surface area (Å²) in [5, 5.41) is 3.93. The molecule has 1 saturated heterocycles. The normalized spacial score (nSPS) is 20.3. The van der Waals surface area contributed by atoms with Gasteiger partial charge in [-0.25, -0.2) is 0 Å². The second-order valence-electron chi connectivity index (χ2n) is 9.16. The van der Waals surface area contributed by atoms with Crippen molar-refractivity contribution < 1.29 is 18.9 Å². The van der Waals surface area contributed by atoms with E-state index in [0.29, 0.717) is 31.2 Å². The van der Waals surface area contributed by atoms with Gasteiger partial charge in [0.05, 0.1) is 5.92 Å². The molecule has 0 N–H and O–H groups in total. The van der Waals surface area contributed by atoms with Gasteiger partial charge in [0.1, 0.15) is 5.76 Å². The molecule has 3 amide bonds. The molecule has 0 unspecified atom stereocenters. The van der Waals surface area contributed by atoms with Crippen molar-refractivity contribution >= 4 is 17.7 Å². The van der Waals surface area contributed by atoms with Gasteiger partial charge in [-0.05, 0) is 24.0 Å². The molecule has 1 saturated carbocycles. The Morgan fingerprint density at radius 1 is 1.09 bits per heavy atom. The second kappa shape index (κ2) is 8.76. The first-order valence-electron chi connectivity index (χ1n) is 11.0. The Labute approximate surface area is 188 Å². The number of carbonyl (C=O) groups excluding carboxylic acids is 3. The molecular formula is C24H30N4O4. The first kappa shape index (κ1) is 22.0. The maximum absolute atomic E-state index is 12.7. The minimum absolute atomic E-state index is 0.0153. The second-order valence-corrected chi connectivity index (χ2v) is 9.16. The monoisotopic (exact) mass is 438 g/mol. The Morgan fingerprint density at radius 2 is 1.78 bits per heavy atom. The van der Waals surface area contributed by atoms with Crippen molar-refractivity contribution in [2.24, 2.45) is 5.92 Å². The van der Waals surface area contributed by atoms with Crippen LogP contribution in [0.5, 0.6) is 0 Å². The number of amides is 3. The van der Waals surface area contributed by atoms with E-state index >= 15 is 0 Å². The largest absolute Gasteiger partial charge is 0.360 e. The summed E-state index contributed by atoms with van der Waals surface area (Å²) in [5.74, 6) is 0.762. The topological polar surface area (TPSA) is 87.0 Å². The molecule has 0 bridgehead atoms. The molecular weight excluding hydrogens is 408 g/mol. The van der Waals surface area contributed by atoms with E-state index in [2.05, 4.69) is 5.16 Å². The van der Waals surface area contributed by atoms with Crippen LogP contribution >= 0.6 is 0 Å². The summed E-state index contributed by atoms with van der Waals surface area (Å²) in [6, 6.07) is 9.71. The molecule has 2 aromatic rings. The third-order valence-electron chi connectivity index (χ3n) is 6.42. The lowest BCUT2D eigenvalue weighted by Crippen LogP contribution is -2.34. The van der Waals surface area contributed by atoms with Crippen LogP contribution in [0.25, 0.3) is 0 Å². The number of aromatic nitrogens is 1. The van der Waals surface area contributed by atoms with Crippen LogP contribution in [0.1, 0.15) is 59.0 Å². The van der Waals surface area contributed by atoms with Gasteiger partial charge in [-0.15, -0.1) is 0 Å². The van der Waals surface area contributed by atoms with Crippen LogP contribution in [0.3, 0.4) is 0 Å². The third-order valence-corrected chi connectivity index (χ3v) is 6.42. The van der Waals surface area contributed by atoms with Gasteiger partial charge in [-0.2, -0.15) is 0 Å². The first-order valence-corrected chi connectivity index (χ1v) is 11.0. The van der Waals surface area contributed by atoms with Crippen molar-refractivity contribution in [2.45, 2.75) is 38.1 Å². The van der Waals surface area contributed by atoms with Gasteiger partial charge in [0.2, 0.25) is 11.8 Å². The molecule has 0 spiro atoms. The zero-order valence-electron chi connectivity index (χ0n) is 19.1. The molecule has 1 aliphatic carbocycles. The number of nitrogens with zero attached hydrogens (tertiary/aromatic N) is 4. The molecule has 8 heteroatoms. The summed E-state index contributed by atoms with van der Waals surface area (Å²) >= 11 is 0. The highest BCUT2D eigenvalue weighted by atomic mass is 16.5. The zero-order chi connectivity index (χ0) is 23.0. The quantitative estimate of drug-likeness (QED) is 0.692. The number of likely N-dealkylation sites (tertiary alicyclic amines) is 1. The fourth-order valence-electron chi connectivity index (χ4n) is 4.34. The lowest BCUT2D eigenvalue weighted by molar-refractivity contribution is -0.133. The summed E-state index contributed by atoms with van der Waals surface area (Å²) in [7, 11) is 5.23. The molecule has 2 aliphatic rings. The van der Waals surface area contributed by atoms with Gasteiger partial charge in [-0.1, -0.05) is 29.4 Å². The van der Waals surface area contributed by atoms with Crippen LogP contribution in [0.4, 0.5) is 0 Å². The summed E-state index contributed by atoms with van der Waals surface area (Å²) in [6.07, 6.45) is 2.19. The predicted octanol–water partition coefficient (Wildman–Crippen LogP) is 2.47. The summed E-state index contributed by atoms with van der Waals surface area (Å²) < 4.78 is 5.30. The third kappa shape index (κ3) is 4.54. The smallest absolute Gasteiger partial charge is 0.276 e. The first-order chi connectivity index (χ1) is 15.2. The Morgan fingerprint density at radius 3 is 2.38 bits per heavy atom. The van der Waals surface area contributed by atoms with E-state index in [1.165, 1.54) is 6.92 Å². The fraction of sp³-hybridized carbons (Fsp3) is 0.500. The van der Waals surface area contributed by atoms with E-state index in [9.17, 15) is 14.4 Å². The van der Waals surface area contributed by atoms with Gasteiger partial charge in [-0.3, -0.25) is 14.4 Å². The highest BCUT2D eigenvalue weighted by molar-refractivity contribution is 5.92. The zero-order valence-corrected chi connectivity index (χ0v) is 19.1. The van der Waals surface area contributed by atoms with Crippen LogP contribution in [-0.2, 0) is 16.1 Å². The van der Waals surface area contributed by atoms with Gasteiger partial charge in [0, 0.05) is 65.6 Å². The van der Waals surface area contributed by atoms with Crippen molar-refractivity contribution in [1.82, 2.24) is 19.9 Å². The average Bonchev–Trinajstić information content (AvgIpc) is 3.33. The van der Waals surface area contributed by atoms with Crippen LogP contribution < -0.4 is 0 Å². The minimum atomic E-state index is -0.253. The highest BCUT2D eigenvalue weighted by Gasteiger charge is 2.40. The molecule has 32 heavy (non-hydrogen) atoms. The molecule has 8 nitrogen and oxygen atoms in total. The van der Waals surface area contributed by atoms with Gasteiger partial charge < -0.3 is 19.2 Å². The van der Waals surface area contributed by atoms with Crippen molar-refractivity contribution in [3.8, 4) is 0 Å². The Kier molecular flexibility index (Phi) is 6.04. The lowest BCUT2D eigenvalue weighted by Gasteiger charge is -2.22. The summed E-state index contributed by atoms with van der Waals surface area (Å²) in [6.45, 7) is 2.95. The number of benzene rings is 1. The molecule has 2 atom stereocenters. The SMILES string of the molecule is CC(=O)N1C[C@H](C(=O)N(C)C)[C@@H](c2ccc(CN(C)C(=O)c3cc(C4CC4)on3)cc2)C1. The van der Waals surface area contributed by atoms with Crippen LogP contribution in [0.2, 0.25) is 0 Å². The highest BCUT2D eigenvalue weighted by Crippen LogP contribution is 2.40. The molecule has 1 aromatic carbocycles. The van der Waals surface area contributed by atoms with E-state index in [4.69, 9.17) is 4.52 Å². The number of carbonyl (C=O) groups is 3. The van der Waals surface area contributed by atoms with E-state index in [0.717, 1.165) is 29.7 Å². The molecule has 170 valence electrons. The molecule has 4 rings (SSSR count). The van der Waals surface area contributed by atoms with E-state index in [-0.39, 0.29) is 29.6 Å². The van der Waals surface area contributed by atoms with Gasteiger partial charge in [0.25, 0.3) is 5.91 Å². The predicted molar refractivity (Wildman–Crippen MR) is 118 cm³/mol. The molecule has 2 fully saturated rings. The molecule has 1 aromatic heterocycles. The van der Waals surface area contributed by atoms with E-state index in [1.54, 1.807) is 41.9 Å².